The van der Waals surface area contributed by atoms with Gasteiger partial charge >= 0.3 is 0 Å². The van der Waals surface area contributed by atoms with Crippen molar-refractivity contribution in [1.29, 1.82) is 0 Å². The van der Waals surface area contributed by atoms with E-state index in [1.807, 2.05) is 6.26 Å². The fourth-order valence-electron chi connectivity index (χ4n) is 2.62. The molecule has 0 aliphatic rings. The summed E-state index contributed by atoms with van der Waals surface area (Å²) in [7, 11) is 0. The Balaban J connectivity index is 1.82. The van der Waals surface area contributed by atoms with Crippen molar-refractivity contribution in [2.75, 3.05) is 16.7 Å². The summed E-state index contributed by atoms with van der Waals surface area (Å²) in [4.78, 5) is 8.45. The molecular formula is C17H14N4S2. The summed E-state index contributed by atoms with van der Waals surface area (Å²) in [6.07, 6.45) is 3.53. The van der Waals surface area contributed by atoms with Crippen molar-refractivity contribution in [3.63, 3.8) is 0 Å². The van der Waals surface area contributed by atoms with Crippen LogP contribution in [0.3, 0.4) is 0 Å². The summed E-state index contributed by atoms with van der Waals surface area (Å²) < 4.78 is 5.36. The molecule has 2 aromatic carbocycles. The van der Waals surface area contributed by atoms with Crippen LogP contribution >= 0.6 is 23.3 Å². The first kappa shape index (κ1) is 14.3. The summed E-state index contributed by atoms with van der Waals surface area (Å²) in [6, 6.07) is 14.9. The van der Waals surface area contributed by atoms with Crippen molar-refractivity contribution < 1.29 is 0 Å². The van der Waals surface area contributed by atoms with Gasteiger partial charge in [-0.1, -0.05) is 36.2 Å². The van der Waals surface area contributed by atoms with Crippen LogP contribution in [-0.2, 0) is 0 Å². The number of fused-ring (bicyclic) bond motifs is 3. The molecule has 0 unspecified atom stereocenters. The Morgan fingerprint density at radius 3 is 2.61 bits per heavy atom. The van der Waals surface area contributed by atoms with Gasteiger partial charge in [0.25, 0.3) is 0 Å². The lowest BCUT2D eigenvalue weighted by atomic mass is 10.0. The Bertz CT molecular complexity index is 993. The van der Waals surface area contributed by atoms with E-state index in [9.17, 15) is 0 Å². The van der Waals surface area contributed by atoms with Crippen LogP contribution in [0.2, 0.25) is 0 Å². The third-order valence-electron chi connectivity index (χ3n) is 3.72. The minimum absolute atomic E-state index is 0.547. The molecule has 3 N–H and O–H groups in total. The average molecular weight is 338 g/mol. The molecule has 2 heterocycles. The van der Waals surface area contributed by atoms with Gasteiger partial charge in [0.2, 0.25) is 0 Å². The van der Waals surface area contributed by atoms with Crippen LogP contribution in [0.1, 0.15) is 0 Å². The standard InChI is InChI=1S/C17H14N4S2/c1-22-21-12-5-2-10(3-6-12)11-4-7-13-14(8-11)23-16-15(13)19-9-20-17(16)18/h2-9,21H,1H3,(H2,18,19,20). The Labute approximate surface area is 141 Å². The molecule has 0 saturated carbocycles. The molecule has 4 rings (SSSR count). The van der Waals surface area contributed by atoms with E-state index >= 15 is 0 Å². The van der Waals surface area contributed by atoms with Crippen LogP contribution in [0.15, 0.2) is 48.8 Å². The number of nitrogen functional groups attached to an aromatic ring is 1. The number of anilines is 2. The average Bonchev–Trinajstić information content (AvgIpc) is 2.95. The van der Waals surface area contributed by atoms with E-state index in [1.165, 1.54) is 22.2 Å². The smallest absolute Gasteiger partial charge is 0.144 e. The van der Waals surface area contributed by atoms with Gasteiger partial charge in [-0.15, -0.1) is 11.3 Å². The van der Waals surface area contributed by atoms with Gasteiger partial charge in [-0.05, 0) is 29.3 Å². The van der Waals surface area contributed by atoms with E-state index in [0.29, 0.717) is 5.82 Å². The molecule has 6 heteroatoms. The fourth-order valence-corrected chi connectivity index (χ4v) is 4.09. The molecule has 0 aliphatic carbocycles. The molecule has 4 nitrogen and oxygen atoms in total. The Morgan fingerprint density at radius 1 is 1.04 bits per heavy atom. The first-order chi connectivity index (χ1) is 11.3. The van der Waals surface area contributed by atoms with Gasteiger partial charge in [0.1, 0.15) is 12.1 Å². The zero-order chi connectivity index (χ0) is 15.8. The Hall–Kier alpha value is -2.31. The highest BCUT2D eigenvalue weighted by atomic mass is 32.2. The number of rotatable bonds is 3. The van der Waals surface area contributed by atoms with Crippen LogP contribution in [0.4, 0.5) is 11.5 Å². The molecular weight excluding hydrogens is 324 g/mol. The van der Waals surface area contributed by atoms with Gasteiger partial charge in [-0.2, -0.15) is 0 Å². The molecule has 0 spiro atoms. The minimum atomic E-state index is 0.547. The molecule has 114 valence electrons. The van der Waals surface area contributed by atoms with Gasteiger partial charge in [0.05, 0.1) is 10.2 Å². The first-order valence-electron chi connectivity index (χ1n) is 7.08. The summed E-state index contributed by atoms with van der Waals surface area (Å²) in [5, 5.41) is 1.13. The summed E-state index contributed by atoms with van der Waals surface area (Å²) >= 11 is 3.23. The number of nitrogens with one attached hydrogen (secondary N) is 1. The second kappa shape index (κ2) is 5.72. The molecule has 4 aromatic rings. The molecule has 23 heavy (non-hydrogen) atoms. The van der Waals surface area contributed by atoms with Crippen molar-refractivity contribution in [3.05, 3.63) is 48.8 Å². The van der Waals surface area contributed by atoms with Crippen molar-refractivity contribution in [2.24, 2.45) is 0 Å². The van der Waals surface area contributed by atoms with Crippen LogP contribution in [0.25, 0.3) is 31.4 Å². The zero-order valence-corrected chi connectivity index (χ0v) is 14.0. The highest BCUT2D eigenvalue weighted by molar-refractivity contribution is 7.99. The molecule has 0 aliphatic heterocycles. The van der Waals surface area contributed by atoms with E-state index in [1.54, 1.807) is 23.3 Å². The van der Waals surface area contributed by atoms with E-state index < -0.39 is 0 Å². The number of hydrogen-bond donors (Lipinski definition) is 2. The van der Waals surface area contributed by atoms with Crippen LogP contribution in [-0.4, -0.2) is 16.2 Å². The van der Waals surface area contributed by atoms with Gasteiger partial charge in [-0.25, -0.2) is 9.97 Å². The van der Waals surface area contributed by atoms with E-state index in [0.717, 1.165) is 21.3 Å². The summed E-state index contributed by atoms with van der Waals surface area (Å²) in [5.41, 5.74) is 10.4. The van der Waals surface area contributed by atoms with Crippen LogP contribution in [0, 0.1) is 0 Å². The lowest BCUT2D eigenvalue weighted by molar-refractivity contribution is 1.24. The predicted molar refractivity (Wildman–Crippen MR) is 102 cm³/mol. The van der Waals surface area contributed by atoms with E-state index in [-0.39, 0.29) is 0 Å². The van der Waals surface area contributed by atoms with Crippen molar-refractivity contribution >= 4 is 55.1 Å². The molecule has 0 saturated heterocycles. The van der Waals surface area contributed by atoms with E-state index in [2.05, 4.69) is 57.2 Å². The van der Waals surface area contributed by atoms with Crippen molar-refractivity contribution in [3.8, 4) is 11.1 Å². The SMILES string of the molecule is CSNc1ccc(-c2ccc3c(c2)sc2c(N)ncnc23)cc1. The van der Waals surface area contributed by atoms with Crippen LogP contribution in [0.5, 0.6) is 0 Å². The highest BCUT2D eigenvalue weighted by Gasteiger charge is 2.10. The molecule has 0 bridgehead atoms. The number of nitrogens with zero attached hydrogens (tertiary/aromatic N) is 2. The number of benzene rings is 2. The van der Waals surface area contributed by atoms with Gasteiger partial charge in [0, 0.05) is 22.0 Å². The number of nitrogens with two attached hydrogens (primary N) is 1. The summed E-state index contributed by atoms with van der Waals surface area (Å²) in [6.45, 7) is 0. The highest BCUT2D eigenvalue weighted by Crippen LogP contribution is 2.37. The maximum atomic E-state index is 5.96. The predicted octanol–water partition coefficient (Wildman–Crippen LogP) is 4.78. The summed E-state index contributed by atoms with van der Waals surface area (Å²) in [5.74, 6) is 0.547. The van der Waals surface area contributed by atoms with Gasteiger partial charge in [0.15, 0.2) is 0 Å². The third-order valence-corrected chi connectivity index (χ3v) is 5.32. The second-order valence-corrected chi connectivity index (χ2v) is 6.80. The number of hydrogen-bond acceptors (Lipinski definition) is 6. The molecule has 0 amide bonds. The molecule has 2 aromatic heterocycles. The monoisotopic (exact) mass is 338 g/mol. The lowest BCUT2D eigenvalue weighted by Gasteiger charge is -2.05. The molecule has 0 fully saturated rings. The molecule has 0 radical (unpaired) electrons. The number of aromatic nitrogens is 2. The van der Waals surface area contributed by atoms with E-state index in [4.69, 9.17) is 5.73 Å². The van der Waals surface area contributed by atoms with Crippen LogP contribution < -0.4 is 10.5 Å². The fraction of sp³-hybridized carbons (Fsp3) is 0.0588. The number of thiophene rings is 1. The van der Waals surface area contributed by atoms with Gasteiger partial charge < -0.3 is 10.5 Å². The maximum Gasteiger partial charge on any atom is 0.144 e. The lowest BCUT2D eigenvalue weighted by Crippen LogP contribution is -1.89. The van der Waals surface area contributed by atoms with Crippen molar-refractivity contribution in [1.82, 2.24) is 9.97 Å². The quantitative estimate of drug-likeness (QED) is 0.526. The second-order valence-electron chi connectivity index (χ2n) is 5.13. The topological polar surface area (TPSA) is 63.8 Å². The normalized spacial score (nSPS) is 11.2. The van der Waals surface area contributed by atoms with Gasteiger partial charge in [-0.3, -0.25) is 0 Å². The first-order valence-corrected chi connectivity index (χ1v) is 9.12. The molecule has 0 atom stereocenters. The third kappa shape index (κ3) is 2.50. The largest absolute Gasteiger partial charge is 0.382 e. The zero-order valence-electron chi connectivity index (χ0n) is 12.4. The van der Waals surface area contributed by atoms with Crippen molar-refractivity contribution in [2.45, 2.75) is 0 Å². The minimum Gasteiger partial charge on any atom is -0.382 e. The Morgan fingerprint density at radius 2 is 1.83 bits per heavy atom. The Kier molecular flexibility index (Phi) is 3.55. The maximum absolute atomic E-state index is 5.96.